The van der Waals surface area contributed by atoms with Gasteiger partial charge in [0.05, 0.1) is 0 Å². The number of alkyl carbamates (subject to hydrolysis) is 1. The zero-order valence-electron chi connectivity index (χ0n) is 21.2. The Morgan fingerprint density at radius 2 is 1.94 bits per heavy atom. The molecule has 3 unspecified atom stereocenters. The van der Waals surface area contributed by atoms with Crippen LogP contribution in [0.25, 0.3) is 10.9 Å². The molecule has 0 spiro atoms. The predicted molar refractivity (Wildman–Crippen MR) is 136 cm³/mol. The van der Waals surface area contributed by atoms with Crippen LogP contribution in [0.5, 0.6) is 0 Å². The van der Waals surface area contributed by atoms with Crippen molar-refractivity contribution in [3.63, 3.8) is 0 Å². The molecule has 2 heterocycles. The molecule has 2 amide bonds. The van der Waals surface area contributed by atoms with Gasteiger partial charge in [0, 0.05) is 42.1 Å². The first-order valence-electron chi connectivity index (χ1n) is 12.3. The van der Waals surface area contributed by atoms with E-state index in [9.17, 15) is 14.0 Å². The SMILES string of the molecule is CC1CCN(C(=O)OC(C)(C)C)C1C(CNC(=O)OCc1ccccc1)c1c[nH]c2cc(F)ccc12. The van der Waals surface area contributed by atoms with E-state index in [1.807, 2.05) is 57.3 Å². The highest BCUT2D eigenvalue weighted by atomic mass is 19.1. The first-order chi connectivity index (χ1) is 17.1. The summed E-state index contributed by atoms with van der Waals surface area (Å²) in [4.78, 5) is 30.6. The molecule has 0 aliphatic carbocycles. The molecule has 1 aliphatic rings. The second kappa shape index (κ2) is 10.6. The van der Waals surface area contributed by atoms with E-state index in [2.05, 4.69) is 17.2 Å². The normalized spacial score (nSPS) is 18.8. The molecule has 2 N–H and O–H groups in total. The largest absolute Gasteiger partial charge is 0.445 e. The highest BCUT2D eigenvalue weighted by molar-refractivity contribution is 5.84. The van der Waals surface area contributed by atoms with Crippen molar-refractivity contribution in [1.29, 1.82) is 0 Å². The molecule has 4 rings (SSSR count). The highest BCUT2D eigenvalue weighted by Gasteiger charge is 2.42. The van der Waals surface area contributed by atoms with Crippen molar-refractivity contribution in [1.82, 2.24) is 15.2 Å². The van der Waals surface area contributed by atoms with Crippen molar-refractivity contribution >= 4 is 23.1 Å². The van der Waals surface area contributed by atoms with E-state index in [0.717, 1.165) is 22.9 Å². The predicted octanol–water partition coefficient (Wildman–Crippen LogP) is 5.96. The maximum atomic E-state index is 13.9. The Morgan fingerprint density at radius 3 is 2.67 bits per heavy atom. The van der Waals surface area contributed by atoms with E-state index in [1.54, 1.807) is 11.0 Å². The summed E-state index contributed by atoms with van der Waals surface area (Å²) in [5.41, 5.74) is 1.83. The fourth-order valence-electron chi connectivity index (χ4n) is 4.93. The second-order valence-corrected chi connectivity index (χ2v) is 10.4. The van der Waals surface area contributed by atoms with Gasteiger partial charge in [-0.3, -0.25) is 0 Å². The summed E-state index contributed by atoms with van der Waals surface area (Å²) in [6.45, 7) is 8.59. The molecule has 0 bridgehead atoms. The monoisotopic (exact) mass is 495 g/mol. The van der Waals surface area contributed by atoms with Crippen molar-refractivity contribution in [2.45, 2.75) is 58.3 Å². The van der Waals surface area contributed by atoms with Gasteiger partial charge >= 0.3 is 12.2 Å². The Bertz CT molecular complexity index is 1200. The van der Waals surface area contributed by atoms with Crippen LogP contribution >= 0.6 is 0 Å². The maximum absolute atomic E-state index is 13.9. The number of nitrogens with one attached hydrogen (secondary N) is 2. The van der Waals surface area contributed by atoms with Gasteiger partial charge in [0.2, 0.25) is 0 Å². The number of H-pyrrole nitrogens is 1. The van der Waals surface area contributed by atoms with E-state index < -0.39 is 11.7 Å². The number of benzene rings is 2. The van der Waals surface area contributed by atoms with Crippen LogP contribution in [-0.4, -0.2) is 46.8 Å². The summed E-state index contributed by atoms with van der Waals surface area (Å²) >= 11 is 0. The van der Waals surface area contributed by atoms with Gasteiger partial charge < -0.3 is 24.7 Å². The number of aromatic nitrogens is 1. The van der Waals surface area contributed by atoms with Gasteiger partial charge in [0.25, 0.3) is 0 Å². The third-order valence-corrected chi connectivity index (χ3v) is 6.56. The van der Waals surface area contributed by atoms with Gasteiger partial charge in [0.15, 0.2) is 0 Å². The number of aromatic amines is 1. The zero-order valence-corrected chi connectivity index (χ0v) is 21.2. The molecule has 1 aliphatic heterocycles. The molecule has 3 atom stereocenters. The zero-order chi connectivity index (χ0) is 25.9. The highest BCUT2D eigenvalue weighted by Crippen LogP contribution is 2.38. The van der Waals surface area contributed by atoms with Crippen molar-refractivity contribution < 1.29 is 23.5 Å². The van der Waals surface area contributed by atoms with E-state index in [-0.39, 0.29) is 42.9 Å². The molecule has 2 aromatic carbocycles. The summed E-state index contributed by atoms with van der Waals surface area (Å²) in [6, 6.07) is 13.8. The van der Waals surface area contributed by atoms with E-state index in [4.69, 9.17) is 9.47 Å². The van der Waals surface area contributed by atoms with Gasteiger partial charge in [-0.05, 0) is 62.4 Å². The van der Waals surface area contributed by atoms with Crippen LogP contribution in [0.2, 0.25) is 0 Å². The second-order valence-electron chi connectivity index (χ2n) is 10.4. The minimum Gasteiger partial charge on any atom is -0.445 e. The quantitative estimate of drug-likeness (QED) is 0.442. The minimum absolute atomic E-state index is 0.160. The lowest BCUT2D eigenvalue weighted by Crippen LogP contribution is -2.46. The number of carbonyl (C=O) groups excluding carboxylic acids is 2. The van der Waals surface area contributed by atoms with Crippen LogP contribution in [0.15, 0.2) is 54.7 Å². The van der Waals surface area contributed by atoms with Crippen LogP contribution in [0.3, 0.4) is 0 Å². The fraction of sp³-hybridized carbons (Fsp3) is 0.429. The van der Waals surface area contributed by atoms with Gasteiger partial charge in [-0.25, -0.2) is 14.0 Å². The van der Waals surface area contributed by atoms with Crippen molar-refractivity contribution in [3.8, 4) is 0 Å². The number of carbonyl (C=O) groups is 2. The van der Waals surface area contributed by atoms with Crippen molar-refractivity contribution in [2.24, 2.45) is 5.92 Å². The van der Waals surface area contributed by atoms with Crippen LogP contribution < -0.4 is 5.32 Å². The van der Waals surface area contributed by atoms with Crippen LogP contribution in [-0.2, 0) is 16.1 Å². The van der Waals surface area contributed by atoms with Crippen LogP contribution in [0.1, 0.15) is 51.2 Å². The fourth-order valence-corrected chi connectivity index (χ4v) is 4.93. The number of nitrogens with zero attached hydrogens (tertiary/aromatic N) is 1. The number of hydrogen-bond donors (Lipinski definition) is 2. The molecule has 8 heteroatoms. The molecule has 192 valence electrons. The molecule has 0 radical (unpaired) electrons. The molecule has 3 aromatic rings. The number of likely N-dealkylation sites (tertiary alicyclic amines) is 1. The summed E-state index contributed by atoms with van der Waals surface area (Å²) in [6.07, 6.45) is 1.74. The number of rotatable bonds is 6. The summed E-state index contributed by atoms with van der Waals surface area (Å²) in [5.74, 6) is -0.437. The Balaban J connectivity index is 1.58. The summed E-state index contributed by atoms with van der Waals surface area (Å²) < 4.78 is 25.0. The first kappa shape index (κ1) is 25.5. The number of ether oxygens (including phenoxy) is 2. The topological polar surface area (TPSA) is 83.7 Å². The lowest BCUT2D eigenvalue weighted by atomic mass is 9.84. The van der Waals surface area contributed by atoms with E-state index in [1.165, 1.54) is 12.1 Å². The van der Waals surface area contributed by atoms with Crippen molar-refractivity contribution in [2.75, 3.05) is 13.1 Å². The summed E-state index contributed by atoms with van der Waals surface area (Å²) in [5, 5.41) is 3.75. The van der Waals surface area contributed by atoms with Gasteiger partial charge in [-0.15, -0.1) is 0 Å². The standard InChI is InChI=1S/C28H34FN3O4/c1-18-12-13-32(27(34)36-28(2,3)4)25(18)23(22-15-30-24-14-20(29)10-11-21(22)24)16-31-26(33)35-17-19-8-6-5-7-9-19/h5-11,14-15,18,23,25,30H,12-13,16-17H2,1-4H3,(H,31,33). The number of hydrogen-bond acceptors (Lipinski definition) is 4. The number of halogens is 1. The van der Waals surface area contributed by atoms with E-state index >= 15 is 0 Å². The van der Waals surface area contributed by atoms with Crippen LogP contribution in [0, 0.1) is 11.7 Å². The molecule has 1 saturated heterocycles. The molecular weight excluding hydrogens is 461 g/mol. The van der Waals surface area contributed by atoms with Gasteiger partial charge in [-0.1, -0.05) is 37.3 Å². The lowest BCUT2D eigenvalue weighted by molar-refractivity contribution is 0.0186. The summed E-state index contributed by atoms with van der Waals surface area (Å²) in [7, 11) is 0. The molecule has 0 saturated carbocycles. The molecule has 1 aromatic heterocycles. The smallest absolute Gasteiger partial charge is 0.410 e. The molecule has 1 fully saturated rings. The Kier molecular flexibility index (Phi) is 7.52. The third-order valence-electron chi connectivity index (χ3n) is 6.56. The Hall–Kier alpha value is -3.55. The third kappa shape index (κ3) is 5.98. The number of fused-ring (bicyclic) bond motifs is 1. The Labute approximate surface area is 211 Å². The number of amides is 2. The first-order valence-corrected chi connectivity index (χ1v) is 12.3. The van der Waals surface area contributed by atoms with Gasteiger partial charge in [-0.2, -0.15) is 0 Å². The van der Waals surface area contributed by atoms with E-state index in [0.29, 0.717) is 12.1 Å². The van der Waals surface area contributed by atoms with Crippen molar-refractivity contribution in [3.05, 3.63) is 71.7 Å². The van der Waals surface area contributed by atoms with Gasteiger partial charge in [0.1, 0.15) is 18.0 Å². The molecule has 36 heavy (non-hydrogen) atoms. The lowest BCUT2D eigenvalue weighted by Gasteiger charge is -2.35. The van der Waals surface area contributed by atoms with Crippen LogP contribution in [0.4, 0.5) is 14.0 Å². The Morgan fingerprint density at radius 1 is 1.19 bits per heavy atom. The molecular formula is C28H34FN3O4. The average molecular weight is 496 g/mol. The average Bonchev–Trinajstić information content (AvgIpc) is 3.41. The molecule has 7 nitrogen and oxygen atoms in total. The maximum Gasteiger partial charge on any atom is 0.410 e. The minimum atomic E-state index is -0.624.